The van der Waals surface area contributed by atoms with Gasteiger partial charge in [-0.05, 0) is 6.42 Å². The molecule has 2 unspecified atom stereocenters. The second-order valence-corrected chi connectivity index (χ2v) is 7.69. The Morgan fingerprint density at radius 2 is 1.32 bits per heavy atom. The first-order valence-electron chi connectivity index (χ1n) is 9.15. The Balaban J connectivity index is 3.15. The van der Waals surface area contributed by atoms with Crippen molar-refractivity contribution in [2.24, 2.45) is 0 Å². The van der Waals surface area contributed by atoms with E-state index < -0.39 is 14.1 Å². The van der Waals surface area contributed by atoms with E-state index in [4.69, 9.17) is 14.7 Å². The van der Waals surface area contributed by atoms with E-state index >= 15 is 0 Å². The van der Waals surface area contributed by atoms with E-state index in [0.717, 1.165) is 12.8 Å². The van der Waals surface area contributed by atoms with Gasteiger partial charge in [-0.15, -0.1) is 0 Å². The molecule has 0 aromatic rings. The molecule has 0 aromatic heterocycles. The molecule has 0 amide bonds. The van der Waals surface area contributed by atoms with Crippen LogP contribution in [0, 0.1) is 0 Å². The van der Waals surface area contributed by atoms with Crippen LogP contribution in [0.15, 0.2) is 0 Å². The zero-order valence-corrected chi connectivity index (χ0v) is 15.4. The smallest absolute Gasteiger partial charge is 0.191 e. The van der Waals surface area contributed by atoms with Gasteiger partial charge in [-0.1, -0.05) is 77.6 Å². The molecule has 0 radical (unpaired) electrons. The summed E-state index contributed by atoms with van der Waals surface area (Å²) in [5, 5.41) is 17.7. The lowest BCUT2D eigenvalue weighted by molar-refractivity contribution is 0.0562. The monoisotopic (exact) mass is 336 g/mol. The normalized spacial score (nSPS) is 14.1. The maximum absolute atomic E-state index is 11.5. The summed E-state index contributed by atoms with van der Waals surface area (Å²) in [5.41, 5.74) is 0. The van der Waals surface area contributed by atoms with E-state index in [1.54, 1.807) is 0 Å². The van der Waals surface area contributed by atoms with Gasteiger partial charge < -0.3 is 14.7 Å². The number of hydrogen-bond acceptors (Lipinski definition) is 4. The molecule has 0 rings (SSSR count). The molecule has 0 aliphatic rings. The molecule has 0 saturated carbocycles. The van der Waals surface area contributed by atoms with Gasteiger partial charge in [-0.3, -0.25) is 4.57 Å². The molecule has 0 bridgehead atoms. The summed E-state index contributed by atoms with van der Waals surface area (Å²) in [6, 6.07) is 0. The SMILES string of the molecule is CCCCCCCCCCCCCC[PH](=O)OCC(O)CO. The number of aliphatic hydroxyl groups excluding tert-OH is 2. The number of aliphatic hydroxyl groups is 2. The third-order valence-corrected chi connectivity index (χ3v) is 5.13. The Labute approximate surface area is 137 Å². The summed E-state index contributed by atoms with van der Waals surface area (Å²) < 4.78 is 16.5. The van der Waals surface area contributed by atoms with Gasteiger partial charge in [0.25, 0.3) is 0 Å². The minimum absolute atomic E-state index is 0.0213. The van der Waals surface area contributed by atoms with E-state index in [2.05, 4.69) is 6.92 Å². The third-order valence-electron chi connectivity index (χ3n) is 3.88. The maximum atomic E-state index is 11.5. The van der Waals surface area contributed by atoms with E-state index in [1.165, 1.54) is 64.2 Å². The molecule has 2 atom stereocenters. The molecule has 134 valence electrons. The Bertz CT molecular complexity index is 249. The fourth-order valence-corrected chi connectivity index (χ4v) is 3.49. The van der Waals surface area contributed by atoms with Gasteiger partial charge in [-0.25, -0.2) is 0 Å². The van der Waals surface area contributed by atoms with Gasteiger partial charge in [0.2, 0.25) is 0 Å². The van der Waals surface area contributed by atoms with Crippen molar-refractivity contribution >= 4 is 8.03 Å². The quantitative estimate of drug-likeness (QED) is 0.302. The molecule has 0 heterocycles. The third kappa shape index (κ3) is 16.5. The fraction of sp³-hybridized carbons (Fsp3) is 1.00. The summed E-state index contributed by atoms with van der Waals surface area (Å²) in [4.78, 5) is 0. The summed E-state index contributed by atoms with van der Waals surface area (Å²) in [5.74, 6) is 0. The fourth-order valence-electron chi connectivity index (χ4n) is 2.42. The average Bonchev–Trinajstić information content (AvgIpc) is 2.53. The van der Waals surface area contributed by atoms with E-state index in [0.29, 0.717) is 6.16 Å². The molecule has 5 heteroatoms. The van der Waals surface area contributed by atoms with Crippen LogP contribution < -0.4 is 0 Å². The van der Waals surface area contributed by atoms with Crippen LogP contribution in [0.1, 0.15) is 84.0 Å². The summed E-state index contributed by atoms with van der Waals surface area (Å²) in [6.07, 6.45) is 15.2. The molecule has 0 spiro atoms. The van der Waals surface area contributed by atoms with E-state index in [9.17, 15) is 4.57 Å². The van der Waals surface area contributed by atoms with Gasteiger partial charge in [-0.2, -0.15) is 0 Å². The lowest BCUT2D eigenvalue weighted by Crippen LogP contribution is -2.17. The maximum Gasteiger partial charge on any atom is 0.191 e. The van der Waals surface area contributed by atoms with Gasteiger partial charge in [0.05, 0.1) is 13.2 Å². The topological polar surface area (TPSA) is 66.8 Å². The standard InChI is InChI=1S/C17H37O4P/c1-2-3-4-5-6-7-8-9-10-11-12-13-14-22(20)21-16-17(19)15-18/h17-19,22H,2-16H2,1H3. The highest BCUT2D eigenvalue weighted by molar-refractivity contribution is 7.39. The predicted molar refractivity (Wildman–Crippen MR) is 94.0 cm³/mol. The molecule has 2 N–H and O–H groups in total. The van der Waals surface area contributed by atoms with E-state index in [-0.39, 0.29) is 13.2 Å². The lowest BCUT2D eigenvalue weighted by Gasteiger charge is -2.08. The molecule has 4 nitrogen and oxygen atoms in total. The van der Waals surface area contributed by atoms with Gasteiger partial charge in [0.15, 0.2) is 8.03 Å². The van der Waals surface area contributed by atoms with Gasteiger partial charge in [0.1, 0.15) is 6.10 Å². The van der Waals surface area contributed by atoms with Crippen molar-refractivity contribution in [3.63, 3.8) is 0 Å². The molecular formula is C17H37O4P. The molecule has 0 aromatic carbocycles. The second kappa shape index (κ2) is 17.5. The van der Waals surface area contributed by atoms with Crippen molar-refractivity contribution < 1.29 is 19.3 Å². The van der Waals surface area contributed by atoms with Crippen molar-refractivity contribution in [2.75, 3.05) is 19.4 Å². The van der Waals surface area contributed by atoms with Gasteiger partial charge in [0, 0.05) is 6.16 Å². The Kier molecular flexibility index (Phi) is 17.6. The minimum Gasteiger partial charge on any atom is -0.394 e. The van der Waals surface area contributed by atoms with Crippen LogP contribution >= 0.6 is 8.03 Å². The molecule has 22 heavy (non-hydrogen) atoms. The van der Waals surface area contributed by atoms with Crippen molar-refractivity contribution in [1.29, 1.82) is 0 Å². The Morgan fingerprint density at radius 3 is 1.77 bits per heavy atom. The first-order valence-corrected chi connectivity index (χ1v) is 10.7. The highest BCUT2D eigenvalue weighted by Crippen LogP contribution is 2.24. The van der Waals surface area contributed by atoms with Crippen LogP contribution in [0.3, 0.4) is 0 Å². The average molecular weight is 336 g/mol. The molecule has 0 fully saturated rings. The number of unbranched alkanes of at least 4 members (excludes halogenated alkanes) is 11. The highest BCUT2D eigenvalue weighted by atomic mass is 31.1. The van der Waals surface area contributed by atoms with Gasteiger partial charge >= 0.3 is 0 Å². The lowest BCUT2D eigenvalue weighted by atomic mass is 10.1. The highest BCUT2D eigenvalue weighted by Gasteiger charge is 2.05. The predicted octanol–water partition coefficient (Wildman–Crippen LogP) is 4.53. The summed E-state index contributed by atoms with van der Waals surface area (Å²) >= 11 is 0. The van der Waals surface area contributed by atoms with Crippen LogP contribution in [0.25, 0.3) is 0 Å². The van der Waals surface area contributed by atoms with E-state index in [1.807, 2.05) is 0 Å². The van der Waals surface area contributed by atoms with Crippen molar-refractivity contribution in [1.82, 2.24) is 0 Å². The zero-order valence-electron chi connectivity index (χ0n) is 14.4. The summed E-state index contributed by atoms with van der Waals surface area (Å²) in [7, 11) is -2.03. The second-order valence-electron chi connectivity index (χ2n) is 6.16. The first kappa shape index (κ1) is 22.1. The minimum atomic E-state index is -2.03. The number of hydrogen-bond donors (Lipinski definition) is 2. The van der Waals surface area contributed by atoms with Crippen LogP contribution in [-0.4, -0.2) is 35.7 Å². The molecular weight excluding hydrogens is 299 g/mol. The van der Waals surface area contributed by atoms with Crippen LogP contribution in [-0.2, 0) is 9.09 Å². The first-order chi connectivity index (χ1) is 10.7. The van der Waals surface area contributed by atoms with Crippen molar-refractivity contribution in [3.8, 4) is 0 Å². The van der Waals surface area contributed by atoms with Crippen LogP contribution in [0.5, 0.6) is 0 Å². The van der Waals surface area contributed by atoms with Crippen LogP contribution in [0.4, 0.5) is 0 Å². The van der Waals surface area contributed by atoms with Crippen LogP contribution in [0.2, 0.25) is 0 Å². The summed E-state index contributed by atoms with van der Waals surface area (Å²) in [6.45, 7) is 1.89. The van der Waals surface area contributed by atoms with Crippen molar-refractivity contribution in [2.45, 2.75) is 90.1 Å². The zero-order chi connectivity index (χ0) is 16.5. The largest absolute Gasteiger partial charge is 0.394 e. The Morgan fingerprint density at radius 1 is 0.864 bits per heavy atom. The Hall–Kier alpha value is 0.110. The number of rotatable bonds is 17. The van der Waals surface area contributed by atoms with Crippen molar-refractivity contribution in [3.05, 3.63) is 0 Å². The molecule has 0 aliphatic heterocycles. The molecule has 0 saturated heterocycles. The molecule has 0 aliphatic carbocycles.